The summed E-state index contributed by atoms with van der Waals surface area (Å²) in [5.41, 5.74) is 3.04. The van der Waals surface area contributed by atoms with Crippen LogP contribution in [-0.4, -0.2) is 57.5 Å². The third kappa shape index (κ3) is 4.14. The zero-order chi connectivity index (χ0) is 17.9. The van der Waals surface area contributed by atoms with Crippen molar-refractivity contribution in [2.45, 2.75) is 46.1 Å². The summed E-state index contributed by atoms with van der Waals surface area (Å²) >= 11 is 0. The molecule has 1 aromatic rings. The molecule has 1 saturated heterocycles. The zero-order valence-corrected chi connectivity index (χ0v) is 14.9. The fourth-order valence-electron chi connectivity index (χ4n) is 3.32. The molecule has 1 aliphatic heterocycles. The first-order valence-corrected chi connectivity index (χ1v) is 8.40. The summed E-state index contributed by atoms with van der Waals surface area (Å²) in [6, 6.07) is -0.0547. The van der Waals surface area contributed by atoms with E-state index in [-0.39, 0.29) is 24.4 Å². The van der Waals surface area contributed by atoms with Gasteiger partial charge in [-0.1, -0.05) is 6.92 Å². The molecule has 1 aromatic heterocycles. The lowest BCUT2D eigenvalue weighted by Crippen LogP contribution is -2.48. The van der Waals surface area contributed by atoms with Crippen LogP contribution in [-0.2, 0) is 27.8 Å². The molecular formula is C17H27N3O4. The van der Waals surface area contributed by atoms with Gasteiger partial charge in [-0.2, -0.15) is 5.10 Å². The van der Waals surface area contributed by atoms with Crippen LogP contribution in [0, 0.1) is 19.8 Å². The predicted molar refractivity (Wildman–Crippen MR) is 88.7 cm³/mol. The van der Waals surface area contributed by atoms with Gasteiger partial charge in [0.15, 0.2) is 0 Å². The minimum atomic E-state index is -0.976. The SMILES string of the molecule is Cc1nn(C)c(C)c1C[C@@H](C)C(=O)N(CC(=O)O)C1CCOCC1. The van der Waals surface area contributed by atoms with Crippen LogP contribution < -0.4 is 0 Å². The number of hydrogen-bond acceptors (Lipinski definition) is 4. The van der Waals surface area contributed by atoms with Crippen LogP contribution in [0.1, 0.15) is 36.7 Å². The molecule has 0 aliphatic carbocycles. The number of carboxylic acid groups (broad SMARTS) is 1. The molecule has 0 radical (unpaired) electrons. The van der Waals surface area contributed by atoms with Gasteiger partial charge < -0.3 is 14.7 Å². The minimum absolute atomic E-state index is 0.0547. The van der Waals surface area contributed by atoms with Crippen molar-refractivity contribution in [2.75, 3.05) is 19.8 Å². The minimum Gasteiger partial charge on any atom is -0.480 e. The Balaban J connectivity index is 2.13. The monoisotopic (exact) mass is 337 g/mol. The molecule has 134 valence electrons. The molecule has 1 amide bonds. The van der Waals surface area contributed by atoms with Crippen LogP contribution in [0.4, 0.5) is 0 Å². The number of ether oxygens (including phenoxy) is 1. The largest absolute Gasteiger partial charge is 0.480 e. The molecule has 1 fully saturated rings. The van der Waals surface area contributed by atoms with Crippen LogP contribution >= 0.6 is 0 Å². The highest BCUT2D eigenvalue weighted by molar-refractivity contribution is 5.83. The number of aromatic nitrogens is 2. The van der Waals surface area contributed by atoms with Crippen LogP contribution in [0.15, 0.2) is 0 Å². The summed E-state index contributed by atoms with van der Waals surface area (Å²) in [6.07, 6.45) is 1.96. The highest BCUT2D eigenvalue weighted by Crippen LogP contribution is 2.21. The third-order valence-electron chi connectivity index (χ3n) is 4.81. The first-order valence-electron chi connectivity index (χ1n) is 8.40. The maximum Gasteiger partial charge on any atom is 0.323 e. The van der Waals surface area contributed by atoms with Gasteiger partial charge in [-0.25, -0.2) is 0 Å². The first kappa shape index (κ1) is 18.4. The fourth-order valence-corrected chi connectivity index (χ4v) is 3.32. The van der Waals surface area contributed by atoms with Crippen molar-refractivity contribution in [2.24, 2.45) is 13.0 Å². The fraction of sp³-hybridized carbons (Fsp3) is 0.706. The molecule has 24 heavy (non-hydrogen) atoms. The summed E-state index contributed by atoms with van der Waals surface area (Å²) in [6.45, 7) is 6.68. The van der Waals surface area contributed by atoms with Crippen molar-refractivity contribution in [1.29, 1.82) is 0 Å². The van der Waals surface area contributed by atoms with Crippen molar-refractivity contribution in [3.63, 3.8) is 0 Å². The highest BCUT2D eigenvalue weighted by atomic mass is 16.5. The number of carbonyl (C=O) groups is 2. The Morgan fingerprint density at radius 3 is 2.50 bits per heavy atom. The second-order valence-electron chi connectivity index (χ2n) is 6.58. The maximum absolute atomic E-state index is 12.9. The van der Waals surface area contributed by atoms with Crippen molar-refractivity contribution in [3.8, 4) is 0 Å². The average Bonchev–Trinajstić information content (AvgIpc) is 2.79. The number of aliphatic carboxylic acids is 1. The number of rotatable bonds is 6. The van der Waals surface area contributed by atoms with Gasteiger partial charge in [0.05, 0.1) is 5.69 Å². The lowest BCUT2D eigenvalue weighted by Gasteiger charge is -2.35. The number of amides is 1. The molecule has 0 saturated carbocycles. The predicted octanol–water partition coefficient (Wildman–Crippen LogP) is 1.31. The molecule has 7 heteroatoms. The van der Waals surface area contributed by atoms with Crippen LogP contribution in [0.3, 0.4) is 0 Å². The maximum atomic E-state index is 12.9. The Labute approximate surface area is 142 Å². The molecule has 7 nitrogen and oxygen atoms in total. The van der Waals surface area contributed by atoms with E-state index < -0.39 is 5.97 Å². The van der Waals surface area contributed by atoms with Crippen LogP contribution in [0.2, 0.25) is 0 Å². The second kappa shape index (κ2) is 7.79. The first-order chi connectivity index (χ1) is 11.3. The summed E-state index contributed by atoms with van der Waals surface area (Å²) < 4.78 is 7.14. The van der Waals surface area contributed by atoms with E-state index in [0.717, 1.165) is 17.0 Å². The number of hydrogen-bond donors (Lipinski definition) is 1. The highest BCUT2D eigenvalue weighted by Gasteiger charge is 2.31. The Kier molecular flexibility index (Phi) is 5.99. The Bertz CT molecular complexity index is 605. The topological polar surface area (TPSA) is 84.7 Å². The molecule has 0 aromatic carbocycles. The lowest BCUT2D eigenvalue weighted by atomic mass is 9.96. The van der Waals surface area contributed by atoms with Gasteiger partial charge in [0.1, 0.15) is 6.54 Å². The van der Waals surface area contributed by atoms with Crippen LogP contribution in [0.5, 0.6) is 0 Å². The van der Waals surface area contributed by atoms with Gasteiger partial charge in [0.2, 0.25) is 5.91 Å². The van der Waals surface area contributed by atoms with E-state index in [1.165, 1.54) is 4.90 Å². The number of carbonyl (C=O) groups excluding carboxylic acids is 1. The summed E-state index contributed by atoms with van der Waals surface area (Å²) in [5.74, 6) is -1.36. The van der Waals surface area contributed by atoms with Crippen molar-refractivity contribution >= 4 is 11.9 Å². The molecule has 1 atom stereocenters. The van der Waals surface area contributed by atoms with Crippen molar-refractivity contribution < 1.29 is 19.4 Å². The van der Waals surface area contributed by atoms with Gasteiger partial charge >= 0.3 is 5.97 Å². The molecule has 2 rings (SSSR count). The summed E-state index contributed by atoms with van der Waals surface area (Å²) in [4.78, 5) is 25.6. The lowest BCUT2D eigenvalue weighted by molar-refractivity contribution is -0.149. The molecule has 0 spiro atoms. The van der Waals surface area contributed by atoms with Gasteiger partial charge in [0, 0.05) is 37.9 Å². The number of aryl methyl sites for hydroxylation is 2. The molecule has 0 unspecified atom stereocenters. The third-order valence-corrected chi connectivity index (χ3v) is 4.81. The molecular weight excluding hydrogens is 310 g/mol. The van der Waals surface area contributed by atoms with E-state index in [1.807, 2.05) is 32.5 Å². The Hall–Kier alpha value is -1.89. The average molecular weight is 337 g/mol. The van der Waals surface area contributed by atoms with Gasteiger partial charge in [-0.15, -0.1) is 0 Å². The molecule has 1 aliphatic rings. The smallest absolute Gasteiger partial charge is 0.323 e. The van der Waals surface area contributed by atoms with E-state index in [2.05, 4.69) is 5.10 Å². The Morgan fingerprint density at radius 2 is 2.00 bits per heavy atom. The van der Waals surface area contributed by atoms with Crippen molar-refractivity contribution in [1.82, 2.24) is 14.7 Å². The van der Waals surface area contributed by atoms with Crippen LogP contribution in [0.25, 0.3) is 0 Å². The molecule has 0 bridgehead atoms. The Morgan fingerprint density at radius 1 is 1.38 bits per heavy atom. The standard InChI is InChI=1S/C17H27N3O4/c1-11(9-15-12(2)18-19(4)13(15)3)17(23)20(10-16(21)22)14-5-7-24-8-6-14/h11,14H,5-10H2,1-4H3,(H,21,22)/t11-/m1/s1. The van der Waals surface area contributed by atoms with E-state index in [0.29, 0.717) is 32.5 Å². The molecule has 2 heterocycles. The van der Waals surface area contributed by atoms with Gasteiger partial charge in [0.25, 0.3) is 0 Å². The van der Waals surface area contributed by atoms with E-state index in [9.17, 15) is 14.7 Å². The van der Waals surface area contributed by atoms with Gasteiger partial charge in [-0.3, -0.25) is 14.3 Å². The van der Waals surface area contributed by atoms with E-state index >= 15 is 0 Å². The van der Waals surface area contributed by atoms with Crippen molar-refractivity contribution in [3.05, 3.63) is 17.0 Å². The quantitative estimate of drug-likeness (QED) is 0.846. The molecule has 1 N–H and O–H groups in total. The number of carboxylic acids is 1. The van der Waals surface area contributed by atoms with E-state index in [4.69, 9.17) is 4.74 Å². The zero-order valence-electron chi connectivity index (χ0n) is 14.9. The summed E-state index contributed by atoms with van der Waals surface area (Å²) in [5, 5.41) is 13.6. The second-order valence-corrected chi connectivity index (χ2v) is 6.58. The van der Waals surface area contributed by atoms with Gasteiger partial charge in [-0.05, 0) is 38.7 Å². The summed E-state index contributed by atoms with van der Waals surface area (Å²) in [7, 11) is 1.89. The normalized spacial score (nSPS) is 16.8. The number of nitrogens with zero attached hydrogens (tertiary/aromatic N) is 3. The van der Waals surface area contributed by atoms with E-state index in [1.54, 1.807) is 0 Å².